The lowest BCUT2D eigenvalue weighted by Gasteiger charge is -2.28. The van der Waals surface area contributed by atoms with E-state index in [2.05, 4.69) is 19.0 Å². The molecule has 0 radical (unpaired) electrons. The summed E-state index contributed by atoms with van der Waals surface area (Å²) in [7, 11) is 0. The Balaban J connectivity index is 2.37. The number of rotatable bonds is 3. The first-order valence-corrected chi connectivity index (χ1v) is 6.25. The third kappa shape index (κ3) is 2.81. The lowest BCUT2D eigenvalue weighted by Crippen LogP contribution is -2.20. The van der Waals surface area contributed by atoms with Crippen molar-refractivity contribution in [2.24, 2.45) is 5.18 Å². The quantitative estimate of drug-likeness (QED) is 0.822. The van der Waals surface area contributed by atoms with Crippen molar-refractivity contribution in [3.05, 3.63) is 70.3 Å². The highest BCUT2D eigenvalue weighted by molar-refractivity contribution is 5.42. The highest BCUT2D eigenvalue weighted by Crippen LogP contribution is 2.35. The number of nitrogens with zero attached hydrogens (tertiary/aromatic N) is 1. The number of aromatic hydroxyl groups is 1. The van der Waals surface area contributed by atoms with Crippen molar-refractivity contribution in [1.82, 2.24) is 0 Å². The van der Waals surface area contributed by atoms with E-state index in [1.807, 2.05) is 24.3 Å². The Kier molecular flexibility index (Phi) is 3.65. The van der Waals surface area contributed by atoms with Crippen LogP contribution >= 0.6 is 0 Å². The van der Waals surface area contributed by atoms with Gasteiger partial charge in [-0.2, -0.15) is 0 Å². The first-order valence-electron chi connectivity index (χ1n) is 6.25. The van der Waals surface area contributed by atoms with Crippen LogP contribution in [0.1, 0.15) is 25.8 Å². The van der Waals surface area contributed by atoms with Crippen molar-refractivity contribution in [3.63, 3.8) is 0 Å². The van der Waals surface area contributed by atoms with E-state index in [0.29, 0.717) is 5.70 Å². The molecule has 0 atom stereocenters. The van der Waals surface area contributed by atoms with Crippen LogP contribution in [-0.2, 0) is 5.41 Å². The van der Waals surface area contributed by atoms with Crippen LogP contribution in [-0.4, -0.2) is 5.11 Å². The summed E-state index contributed by atoms with van der Waals surface area (Å²) in [5.41, 5.74) is 2.61. The van der Waals surface area contributed by atoms with Gasteiger partial charge in [-0.05, 0) is 41.4 Å². The molecule has 0 fully saturated rings. The predicted octanol–water partition coefficient (Wildman–Crippen LogP) is 4.21. The first-order chi connectivity index (χ1) is 9.04. The van der Waals surface area contributed by atoms with Gasteiger partial charge in [-0.3, -0.25) is 0 Å². The van der Waals surface area contributed by atoms with Crippen LogP contribution in [0, 0.1) is 4.91 Å². The van der Waals surface area contributed by atoms with Gasteiger partial charge in [0.1, 0.15) is 11.4 Å². The number of hydrogen-bond donors (Lipinski definition) is 1. The Morgan fingerprint density at radius 3 is 2.47 bits per heavy atom. The normalized spacial score (nSPS) is 15.5. The third-order valence-electron chi connectivity index (χ3n) is 3.58. The number of phenols is 1. The van der Waals surface area contributed by atoms with Gasteiger partial charge in [0.05, 0.1) is 0 Å². The Hall–Kier alpha value is -2.16. The van der Waals surface area contributed by atoms with E-state index in [4.69, 9.17) is 0 Å². The van der Waals surface area contributed by atoms with Crippen LogP contribution in [0.25, 0.3) is 0 Å². The average molecular weight is 255 g/mol. The molecule has 3 heteroatoms. The molecule has 0 aliphatic heterocycles. The van der Waals surface area contributed by atoms with Crippen molar-refractivity contribution < 1.29 is 5.11 Å². The highest BCUT2D eigenvalue weighted by Gasteiger charge is 2.25. The Bertz CT molecular complexity index is 563. The average Bonchev–Trinajstić information content (AvgIpc) is 2.65. The molecule has 1 aliphatic carbocycles. The highest BCUT2D eigenvalue weighted by atomic mass is 16.3. The molecule has 0 unspecified atom stereocenters. The van der Waals surface area contributed by atoms with Gasteiger partial charge >= 0.3 is 0 Å². The van der Waals surface area contributed by atoms with Crippen molar-refractivity contribution >= 4 is 0 Å². The van der Waals surface area contributed by atoms with Crippen LogP contribution in [0.5, 0.6) is 5.75 Å². The molecule has 3 nitrogen and oxygen atoms in total. The van der Waals surface area contributed by atoms with Gasteiger partial charge in [0.25, 0.3) is 0 Å². The van der Waals surface area contributed by atoms with E-state index < -0.39 is 0 Å². The number of phenolic OH excluding ortho intramolecular Hbond substituents is 1. The summed E-state index contributed by atoms with van der Waals surface area (Å²) in [6, 6.07) is 7.23. The number of benzene rings is 1. The fourth-order valence-corrected chi connectivity index (χ4v) is 2.20. The van der Waals surface area contributed by atoms with E-state index in [1.54, 1.807) is 24.3 Å². The van der Waals surface area contributed by atoms with E-state index in [1.165, 1.54) is 5.57 Å². The zero-order chi connectivity index (χ0) is 13.9. The lowest BCUT2D eigenvalue weighted by atomic mass is 9.76. The van der Waals surface area contributed by atoms with Gasteiger partial charge in [-0.1, -0.05) is 43.7 Å². The Labute approximate surface area is 112 Å². The standard InChI is InChI=1S/C16H17NO2/c1-16(2,13-7-10-15(18)11-8-13)12-4-3-5-14(17-19)9-6-12/h3,5-11,18H,4H2,1-2H3. The minimum Gasteiger partial charge on any atom is -0.508 e. The molecule has 0 amide bonds. The van der Waals surface area contributed by atoms with Crippen LogP contribution in [0.4, 0.5) is 0 Å². The SMILES string of the molecule is CC(C)(C1=CC=C(N=O)C=CC1)c1ccc(O)cc1. The monoisotopic (exact) mass is 255 g/mol. The number of hydrogen-bond acceptors (Lipinski definition) is 3. The topological polar surface area (TPSA) is 49.7 Å². The van der Waals surface area contributed by atoms with E-state index in [0.717, 1.165) is 12.0 Å². The molecule has 0 saturated heterocycles. The largest absolute Gasteiger partial charge is 0.508 e. The van der Waals surface area contributed by atoms with Crippen LogP contribution < -0.4 is 0 Å². The van der Waals surface area contributed by atoms with E-state index in [9.17, 15) is 10.0 Å². The number of allylic oxidation sites excluding steroid dienone is 5. The summed E-state index contributed by atoms with van der Waals surface area (Å²) >= 11 is 0. The molecule has 2 rings (SSSR count). The summed E-state index contributed by atoms with van der Waals surface area (Å²) < 4.78 is 0. The molecule has 1 aromatic rings. The maximum absolute atomic E-state index is 10.5. The molecule has 19 heavy (non-hydrogen) atoms. The maximum atomic E-state index is 10.5. The van der Waals surface area contributed by atoms with Gasteiger partial charge in [0.15, 0.2) is 0 Å². The summed E-state index contributed by atoms with van der Waals surface area (Å²) in [6.45, 7) is 4.26. The minimum atomic E-state index is -0.160. The molecule has 0 bridgehead atoms. The second-order valence-corrected chi connectivity index (χ2v) is 5.15. The van der Waals surface area contributed by atoms with Gasteiger partial charge in [0, 0.05) is 5.41 Å². The second-order valence-electron chi connectivity index (χ2n) is 5.15. The number of nitroso groups, excluding NO2 is 1. The molecule has 98 valence electrons. The van der Waals surface area contributed by atoms with E-state index in [-0.39, 0.29) is 11.2 Å². The van der Waals surface area contributed by atoms with Gasteiger partial charge in [-0.15, -0.1) is 4.91 Å². The van der Waals surface area contributed by atoms with Crippen LogP contribution in [0.15, 0.2) is 65.0 Å². The van der Waals surface area contributed by atoms with Gasteiger partial charge < -0.3 is 5.11 Å². The first kappa shape index (κ1) is 13.3. The molecule has 0 spiro atoms. The van der Waals surface area contributed by atoms with Gasteiger partial charge in [-0.25, -0.2) is 0 Å². The smallest absolute Gasteiger partial charge is 0.115 e. The molecule has 0 aromatic heterocycles. The molecule has 1 N–H and O–H groups in total. The fourth-order valence-electron chi connectivity index (χ4n) is 2.20. The zero-order valence-electron chi connectivity index (χ0n) is 11.1. The molecule has 0 heterocycles. The Morgan fingerprint density at radius 2 is 1.84 bits per heavy atom. The third-order valence-corrected chi connectivity index (χ3v) is 3.58. The second kappa shape index (κ2) is 5.22. The summed E-state index contributed by atoms with van der Waals surface area (Å²) in [5, 5.41) is 12.3. The van der Waals surface area contributed by atoms with E-state index >= 15 is 0 Å². The van der Waals surface area contributed by atoms with Crippen molar-refractivity contribution in [3.8, 4) is 5.75 Å². The molecular weight excluding hydrogens is 238 g/mol. The fraction of sp³-hybridized carbons (Fsp3) is 0.250. The van der Waals surface area contributed by atoms with Gasteiger partial charge in [0.2, 0.25) is 0 Å². The lowest BCUT2D eigenvalue weighted by molar-refractivity contribution is 0.474. The van der Waals surface area contributed by atoms with Crippen molar-refractivity contribution in [2.75, 3.05) is 0 Å². The predicted molar refractivity (Wildman–Crippen MR) is 76.9 cm³/mol. The summed E-state index contributed by atoms with van der Waals surface area (Å²) in [4.78, 5) is 10.5. The molecule has 1 aliphatic rings. The van der Waals surface area contributed by atoms with Crippen LogP contribution in [0.2, 0.25) is 0 Å². The summed E-state index contributed by atoms with van der Waals surface area (Å²) in [5.74, 6) is 0.265. The zero-order valence-corrected chi connectivity index (χ0v) is 11.1. The molecular formula is C16H17NO2. The van der Waals surface area contributed by atoms with Crippen LogP contribution in [0.3, 0.4) is 0 Å². The Morgan fingerprint density at radius 1 is 1.16 bits per heavy atom. The summed E-state index contributed by atoms with van der Waals surface area (Å²) in [6.07, 6.45) is 8.18. The van der Waals surface area contributed by atoms with Crippen molar-refractivity contribution in [1.29, 1.82) is 0 Å². The molecule has 1 aromatic carbocycles. The molecule has 0 saturated carbocycles. The minimum absolute atomic E-state index is 0.160. The van der Waals surface area contributed by atoms with Crippen molar-refractivity contribution in [2.45, 2.75) is 25.7 Å². The maximum Gasteiger partial charge on any atom is 0.115 e.